The van der Waals surface area contributed by atoms with E-state index in [0.717, 1.165) is 37.5 Å². The fourth-order valence-corrected chi connectivity index (χ4v) is 4.20. The van der Waals surface area contributed by atoms with Crippen LogP contribution in [-0.2, 0) is 11.2 Å². The second kappa shape index (κ2) is 9.65. The van der Waals surface area contributed by atoms with Gasteiger partial charge in [-0.05, 0) is 42.8 Å². The molecule has 3 heterocycles. The smallest absolute Gasteiger partial charge is 0.293 e. The molecule has 0 spiro atoms. The summed E-state index contributed by atoms with van der Waals surface area (Å²) in [5, 5.41) is 4.95. The van der Waals surface area contributed by atoms with Gasteiger partial charge in [-0.25, -0.2) is 4.98 Å². The molecule has 1 saturated heterocycles. The number of thiazole rings is 1. The molecule has 9 heteroatoms. The number of methoxy groups -OCH3 is 1. The summed E-state index contributed by atoms with van der Waals surface area (Å²) in [6.45, 7) is 3.06. The summed E-state index contributed by atoms with van der Waals surface area (Å²) in [5.74, 6) is 0.742. The van der Waals surface area contributed by atoms with Crippen LogP contribution in [0.15, 0.2) is 52.5 Å². The molecule has 0 bridgehead atoms. The lowest BCUT2D eigenvalue weighted by atomic mass is 10.2. The maximum atomic E-state index is 12.8. The van der Waals surface area contributed by atoms with Crippen molar-refractivity contribution in [3.63, 3.8) is 0 Å². The van der Waals surface area contributed by atoms with Crippen LogP contribution in [0.4, 0.5) is 10.8 Å². The normalized spacial score (nSPS) is 14.2. The zero-order chi connectivity index (χ0) is 21.6. The third kappa shape index (κ3) is 5.24. The third-order valence-corrected chi connectivity index (χ3v) is 5.94. The Morgan fingerprint density at radius 1 is 1.16 bits per heavy atom. The standard InChI is InChI=1S/C22H24N4O4S/c1-29-18-7-5-17(6-8-18)25-9-3-10-26(12-11-25)20(27)14-16-15-31-22(23-16)24-21(28)19-4-2-13-30-19/h2,4-8,13,15H,3,9-12,14H2,1H3,(H,23,24,28). The lowest BCUT2D eigenvalue weighted by molar-refractivity contribution is -0.130. The van der Waals surface area contributed by atoms with Crippen LogP contribution in [0.2, 0.25) is 0 Å². The number of aromatic nitrogens is 1. The molecule has 2 aromatic heterocycles. The van der Waals surface area contributed by atoms with Gasteiger partial charge in [0, 0.05) is 37.2 Å². The molecule has 0 aliphatic carbocycles. The molecule has 4 rings (SSSR count). The molecular weight excluding hydrogens is 416 g/mol. The fraction of sp³-hybridized carbons (Fsp3) is 0.318. The van der Waals surface area contributed by atoms with Gasteiger partial charge in [0.2, 0.25) is 5.91 Å². The summed E-state index contributed by atoms with van der Waals surface area (Å²) < 4.78 is 10.3. The highest BCUT2D eigenvalue weighted by molar-refractivity contribution is 7.14. The molecule has 1 aliphatic heterocycles. The van der Waals surface area contributed by atoms with E-state index in [4.69, 9.17) is 9.15 Å². The number of furan rings is 1. The summed E-state index contributed by atoms with van der Waals surface area (Å²) >= 11 is 1.29. The molecule has 1 aliphatic rings. The van der Waals surface area contributed by atoms with Crippen molar-refractivity contribution >= 4 is 34.0 Å². The first-order chi connectivity index (χ1) is 15.1. The van der Waals surface area contributed by atoms with E-state index in [1.807, 2.05) is 29.2 Å². The van der Waals surface area contributed by atoms with Crippen LogP contribution in [0.3, 0.4) is 0 Å². The van der Waals surface area contributed by atoms with Crippen molar-refractivity contribution in [2.24, 2.45) is 0 Å². The van der Waals surface area contributed by atoms with Crippen LogP contribution in [-0.4, -0.2) is 55.0 Å². The van der Waals surface area contributed by atoms with E-state index in [1.165, 1.54) is 17.6 Å². The highest BCUT2D eigenvalue weighted by Crippen LogP contribution is 2.21. The fourth-order valence-electron chi connectivity index (χ4n) is 3.50. The lowest BCUT2D eigenvalue weighted by Crippen LogP contribution is -2.36. The molecule has 0 atom stereocenters. The van der Waals surface area contributed by atoms with E-state index in [-0.39, 0.29) is 24.0 Å². The van der Waals surface area contributed by atoms with Crippen LogP contribution in [0.25, 0.3) is 0 Å². The summed E-state index contributed by atoms with van der Waals surface area (Å²) in [6.07, 6.45) is 2.56. The Bertz CT molecular complexity index is 1020. The van der Waals surface area contributed by atoms with Crippen molar-refractivity contribution in [1.29, 1.82) is 0 Å². The highest BCUT2D eigenvalue weighted by Gasteiger charge is 2.21. The van der Waals surface area contributed by atoms with Gasteiger partial charge < -0.3 is 19.0 Å². The number of nitrogens with one attached hydrogen (secondary N) is 1. The number of anilines is 2. The van der Waals surface area contributed by atoms with Gasteiger partial charge >= 0.3 is 0 Å². The van der Waals surface area contributed by atoms with Crippen LogP contribution in [0.1, 0.15) is 22.7 Å². The minimum atomic E-state index is -0.358. The number of amides is 2. The van der Waals surface area contributed by atoms with Crippen molar-refractivity contribution in [2.75, 3.05) is 43.5 Å². The number of ether oxygens (including phenoxy) is 1. The van der Waals surface area contributed by atoms with Gasteiger partial charge in [-0.1, -0.05) is 0 Å². The number of hydrogen-bond acceptors (Lipinski definition) is 7. The van der Waals surface area contributed by atoms with E-state index in [2.05, 4.69) is 15.2 Å². The molecule has 3 aromatic rings. The lowest BCUT2D eigenvalue weighted by Gasteiger charge is -2.23. The van der Waals surface area contributed by atoms with Crippen LogP contribution >= 0.6 is 11.3 Å². The van der Waals surface area contributed by atoms with E-state index >= 15 is 0 Å². The summed E-state index contributed by atoms with van der Waals surface area (Å²) in [7, 11) is 1.66. The summed E-state index contributed by atoms with van der Waals surface area (Å²) in [5.41, 5.74) is 1.78. The molecule has 31 heavy (non-hydrogen) atoms. The molecule has 2 amide bonds. The van der Waals surface area contributed by atoms with E-state index in [9.17, 15) is 9.59 Å². The number of carbonyl (C=O) groups is 2. The molecule has 162 valence electrons. The minimum Gasteiger partial charge on any atom is -0.497 e. The predicted octanol–water partition coefficient (Wildman–Crippen LogP) is 3.28. The topological polar surface area (TPSA) is 87.9 Å². The number of benzene rings is 1. The van der Waals surface area contributed by atoms with Crippen molar-refractivity contribution in [3.05, 3.63) is 59.5 Å². The third-order valence-electron chi connectivity index (χ3n) is 5.14. The molecule has 1 aromatic carbocycles. The minimum absolute atomic E-state index is 0.0470. The first-order valence-corrected chi connectivity index (χ1v) is 11.0. The van der Waals surface area contributed by atoms with Crippen molar-refractivity contribution in [1.82, 2.24) is 9.88 Å². The average Bonchev–Trinajstić information content (AvgIpc) is 3.41. The molecule has 0 unspecified atom stereocenters. The first-order valence-electron chi connectivity index (χ1n) is 10.1. The zero-order valence-electron chi connectivity index (χ0n) is 17.2. The van der Waals surface area contributed by atoms with Gasteiger partial charge in [0.1, 0.15) is 5.75 Å². The Hall–Kier alpha value is -3.33. The molecule has 0 radical (unpaired) electrons. The Morgan fingerprint density at radius 2 is 2.00 bits per heavy atom. The van der Waals surface area contributed by atoms with E-state index in [1.54, 1.807) is 24.6 Å². The number of carbonyl (C=O) groups excluding carboxylic acids is 2. The Balaban J connectivity index is 1.30. The monoisotopic (exact) mass is 440 g/mol. The van der Waals surface area contributed by atoms with Crippen LogP contribution < -0.4 is 15.0 Å². The number of hydrogen-bond donors (Lipinski definition) is 1. The Labute approximate surface area is 184 Å². The summed E-state index contributed by atoms with van der Waals surface area (Å²) in [6, 6.07) is 11.2. The number of nitrogens with zero attached hydrogens (tertiary/aromatic N) is 3. The largest absolute Gasteiger partial charge is 0.497 e. The molecule has 0 saturated carbocycles. The van der Waals surface area contributed by atoms with Gasteiger partial charge in [-0.3, -0.25) is 14.9 Å². The van der Waals surface area contributed by atoms with Gasteiger partial charge in [0.05, 0.1) is 25.5 Å². The Kier molecular flexibility index (Phi) is 6.51. The van der Waals surface area contributed by atoms with Crippen molar-refractivity contribution < 1.29 is 18.7 Å². The highest BCUT2D eigenvalue weighted by atomic mass is 32.1. The first kappa shape index (κ1) is 20.9. The molecule has 1 fully saturated rings. The van der Waals surface area contributed by atoms with Gasteiger partial charge in [0.15, 0.2) is 10.9 Å². The quantitative estimate of drug-likeness (QED) is 0.633. The predicted molar refractivity (Wildman–Crippen MR) is 119 cm³/mol. The summed E-state index contributed by atoms with van der Waals surface area (Å²) in [4.78, 5) is 33.4. The number of rotatable bonds is 6. The van der Waals surface area contributed by atoms with Gasteiger partial charge in [-0.2, -0.15) is 0 Å². The van der Waals surface area contributed by atoms with Crippen molar-refractivity contribution in [3.8, 4) is 5.75 Å². The zero-order valence-corrected chi connectivity index (χ0v) is 18.1. The molecule has 8 nitrogen and oxygen atoms in total. The SMILES string of the molecule is COc1ccc(N2CCCN(C(=O)Cc3csc(NC(=O)c4ccco4)n3)CC2)cc1. The second-order valence-corrected chi connectivity index (χ2v) is 8.03. The van der Waals surface area contributed by atoms with Gasteiger partial charge in [-0.15, -0.1) is 11.3 Å². The van der Waals surface area contributed by atoms with Gasteiger partial charge in [0.25, 0.3) is 5.91 Å². The van der Waals surface area contributed by atoms with E-state index < -0.39 is 0 Å². The van der Waals surface area contributed by atoms with E-state index in [0.29, 0.717) is 17.4 Å². The van der Waals surface area contributed by atoms with Crippen LogP contribution in [0.5, 0.6) is 5.75 Å². The van der Waals surface area contributed by atoms with Crippen LogP contribution in [0, 0.1) is 0 Å². The Morgan fingerprint density at radius 3 is 2.74 bits per heavy atom. The second-order valence-electron chi connectivity index (χ2n) is 7.17. The molecular formula is C22H24N4O4S. The van der Waals surface area contributed by atoms with Crippen molar-refractivity contribution in [2.45, 2.75) is 12.8 Å². The maximum Gasteiger partial charge on any atom is 0.293 e. The average molecular weight is 441 g/mol. The molecule has 1 N–H and O–H groups in total. The maximum absolute atomic E-state index is 12.8.